The minimum absolute atomic E-state index is 0.985. The van der Waals surface area contributed by atoms with Gasteiger partial charge in [-0.3, -0.25) is 4.90 Å². The zero-order chi connectivity index (χ0) is 13.5. The van der Waals surface area contributed by atoms with Gasteiger partial charge in [-0.2, -0.15) is 11.8 Å². The SMILES string of the molecule is COc1ccccc1N1CCN(CCCSC)CC1. The van der Waals surface area contributed by atoms with Gasteiger partial charge in [-0.25, -0.2) is 0 Å². The number of ether oxygens (including phenoxy) is 1. The van der Waals surface area contributed by atoms with Crippen LogP contribution in [0.15, 0.2) is 24.3 Å². The molecular weight excluding hydrogens is 256 g/mol. The summed E-state index contributed by atoms with van der Waals surface area (Å²) < 4.78 is 5.45. The molecule has 0 N–H and O–H groups in total. The third-order valence-corrected chi connectivity index (χ3v) is 4.32. The molecule has 0 aromatic heterocycles. The van der Waals surface area contributed by atoms with Crippen molar-refractivity contribution >= 4 is 17.4 Å². The summed E-state index contributed by atoms with van der Waals surface area (Å²) in [5.41, 5.74) is 1.23. The number of hydrogen-bond donors (Lipinski definition) is 0. The summed E-state index contributed by atoms with van der Waals surface area (Å²) in [4.78, 5) is 5.01. The van der Waals surface area contributed by atoms with E-state index in [-0.39, 0.29) is 0 Å². The monoisotopic (exact) mass is 280 g/mol. The van der Waals surface area contributed by atoms with Gasteiger partial charge in [-0.05, 0) is 37.1 Å². The zero-order valence-corrected chi connectivity index (χ0v) is 12.8. The Kier molecular flexibility index (Phi) is 5.86. The molecule has 0 aliphatic carbocycles. The van der Waals surface area contributed by atoms with Gasteiger partial charge < -0.3 is 9.64 Å². The minimum atomic E-state index is 0.985. The van der Waals surface area contributed by atoms with Gasteiger partial charge in [0.2, 0.25) is 0 Å². The molecule has 0 bridgehead atoms. The number of hydrogen-bond acceptors (Lipinski definition) is 4. The molecule has 1 heterocycles. The van der Waals surface area contributed by atoms with Crippen LogP contribution in [0.25, 0.3) is 0 Å². The highest BCUT2D eigenvalue weighted by Crippen LogP contribution is 2.28. The van der Waals surface area contributed by atoms with Crippen molar-refractivity contribution in [3.05, 3.63) is 24.3 Å². The topological polar surface area (TPSA) is 15.7 Å². The van der Waals surface area contributed by atoms with E-state index in [1.807, 2.05) is 23.9 Å². The maximum atomic E-state index is 5.45. The quantitative estimate of drug-likeness (QED) is 0.744. The van der Waals surface area contributed by atoms with Crippen LogP contribution in [0.1, 0.15) is 6.42 Å². The van der Waals surface area contributed by atoms with Crippen LogP contribution in [0.5, 0.6) is 5.75 Å². The van der Waals surface area contributed by atoms with E-state index in [2.05, 4.69) is 28.2 Å². The highest BCUT2D eigenvalue weighted by Gasteiger charge is 2.18. The normalized spacial score (nSPS) is 16.6. The molecule has 1 aliphatic rings. The van der Waals surface area contributed by atoms with Crippen molar-refractivity contribution in [2.45, 2.75) is 6.42 Å². The predicted molar refractivity (Wildman–Crippen MR) is 84.6 cm³/mol. The number of nitrogens with zero attached hydrogens (tertiary/aromatic N) is 2. The Morgan fingerprint density at radius 3 is 2.58 bits per heavy atom. The highest BCUT2D eigenvalue weighted by atomic mass is 32.2. The van der Waals surface area contributed by atoms with Crippen LogP contribution in [-0.2, 0) is 0 Å². The van der Waals surface area contributed by atoms with Crippen molar-refractivity contribution in [3.63, 3.8) is 0 Å². The van der Waals surface area contributed by atoms with Crippen LogP contribution < -0.4 is 9.64 Å². The third-order valence-electron chi connectivity index (χ3n) is 3.62. The molecule has 1 fully saturated rings. The maximum Gasteiger partial charge on any atom is 0.142 e. The molecule has 19 heavy (non-hydrogen) atoms. The second-order valence-corrected chi connectivity index (χ2v) is 5.83. The number of benzene rings is 1. The molecule has 106 valence electrons. The zero-order valence-electron chi connectivity index (χ0n) is 12.0. The summed E-state index contributed by atoms with van der Waals surface area (Å²) in [6.45, 7) is 5.75. The molecule has 0 radical (unpaired) electrons. The van der Waals surface area contributed by atoms with Crippen molar-refractivity contribution in [2.75, 3.05) is 56.7 Å². The van der Waals surface area contributed by atoms with Gasteiger partial charge in [-0.1, -0.05) is 12.1 Å². The maximum absolute atomic E-state index is 5.45. The summed E-state index contributed by atoms with van der Waals surface area (Å²) in [5.74, 6) is 2.26. The molecule has 0 unspecified atom stereocenters. The summed E-state index contributed by atoms with van der Waals surface area (Å²) >= 11 is 1.94. The van der Waals surface area contributed by atoms with Crippen LogP contribution in [-0.4, -0.2) is 56.7 Å². The molecule has 1 aromatic carbocycles. The third kappa shape index (κ3) is 4.05. The van der Waals surface area contributed by atoms with Crippen LogP contribution in [0.4, 0.5) is 5.69 Å². The molecular formula is C15H24N2OS. The Balaban J connectivity index is 1.85. The lowest BCUT2D eigenvalue weighted by Gasteiger charge is -2.36. The van der Waals surface area contributed by atoms with Crippen molar-refractivity contribution in [1.29, 1.82) is 0 Å². The number of rotatable bonds is 6. The highest BCUT2D eigenvalue weighted by molar-refractivity contribution is 7.98. The van der Waals surface area contributed by atoms with Gasteiger partial charge in [-0.15, -0.1) is 0 Å². The van der Waals surface area contributed by atoms with Crippen molar-refractivity contribution in [2.24, 2.45) is 0 Å². The number of methoxy groups -OCH3 is 1. The molecule has 1 aromatic rings. The van der Waals surface area contributed by atoms with E-state index in [0.29, 0.717) is 0 Å². The van der Waals surface area contributed by atoms with Gasteiger partial charge in [0, 0.05) is 26.2 Å². The van der Waals surface area contributed by atoms with Crippen LogP contribution >= 0.6 is 11.8 Å². The van der Waals surface area contributed by atoms with E-state index >= 15 is 0 Å². The lowest BCUT2D eigenvalue weighted by molar-refractivity contribution is 0.258. The molecule has 2 rings (SSSR count). The average molecular weight is 280 g/mol. The standard InChI is InChI=1S/C15H24N2OS/c1-18-15-7-4-3-6-14(15)17-11-9-16(10-12-17)8-5-13-19-2/h3-4,6-7H,5,8-13H2,1-2H3. The summed E-state index contributed by atoms with van der Waals surface area (Å²) in [6, 6.07) is 8.31. The van der Waals surface area contributed by atoms with Crippen molar-refractivity contribution in [1.82, 2.24) is 4.90 Å². The summed E-state index contributed by atoms with van der Waals surface area (Å²) in [6.07, 6.45) is 3.48. The summed E-state index contributed by atoms with van der Waals surface area (Å²) in [7, 11) is 1.75. The largest absolute Gasteiger partial charge is 0.495 e. The number of thioether (sulfide) groups is 1. The van der Waals surface area contributed by atoms with Gasteiger partial charge >= 0.3 is 0 Å². The minimum Gasteiger partial charge on any atom is -0.495 e. The van der Waals surface area contributed by atoms with E-state index in [1.54, 1.807) is 7.11 Å². The molecule has 1 saturated heterocycles. The van der Waals surface area contributed by atoms with Crippen LogP contribution in [0.2, 0.25) is 0 Å². The van der Waals surface area contributed by atoms with Crippen molar-refractivity contribution in [3.8, 4) is 5.75 Å². The predicted octanol–water partition coefficient (Wildman–Crippen LogP) is 2.57. The second kappa shape index (κ2) is 7.65. The van der Waals surface area contributed by atoms with Gasteiger partial charge in [0.05, 0.1) is 12.8 Å². The van der Waals surface area contributed by atoms with Crippen LogP contribution in [0.3, 0.4) is 0 Å². The Morgan fingerprint density at radius 2 is 1.89 bits per heavy atom. The fourth-order valence-corrected chi connectivity index (χ4v) is 2.95. The van der Waals surface area contributed by atoms with E-state index in [4.69, 9.17) is 4.74 Å². The first-order valence-electron chi connectivity index (χ1n) is 6.94. The van der Waals surface area contributed by atoms with E-state index in [1.165, 1.54) is 24.4 Å². The molecule has 1 aliphatic heterocycles. The molecule has 0 atom stereocenters. The molecule has 4 heteroatoms. The van der Waals surface area contributed by atoms with Crippen LogP contribution in [0, 0.1) is 0 Å². The fourth-order valence-electron chi connectivity index (χ4n) is 2.54. The first kappa shape index (κ1) is 14.5. The number of para-hydroxylation sites is 2. The Bertz CT molecular complexity index is 378. The van der Waals surface area contributed by atoms with Gasteiger partial charge in [0.15, 0.2) is 0 Å². The second-order valence-electron chi connectivity index (χ2n) is 4.85. The first-order chi connectivity index (χ1) is 9.35. The van der Waals surface area contributed by atoms with Gasteiger partial charge in [0.1, 0.15) is 5.75 Å². The first-order valence-corrected chi connectivity index (χ1v) is 8.34. The van der Waals surface area contributed by atoms with E-state index in [0.717, 1.165) is 31.9 Å². The summed E-state index contributed by atoms with van der Waals surface area (Å²) in [5, 5.41) is 0. The fraction of sp³-hybridized carbons (Fsp3) is 0.600. The van der Waals surface area contributed by atoms with Crippen molar-refractivity contribution < 1.29 is 4.74 Å². The smallest absolute Gasteiger partial charge is 0.142 e. The van der Waals surface area contributed by atoms with E-state index in [9.17, 15) is 0 Å². The number of piperazine rings is 1. The molecule has 0 amide bonds. The molecule has 3 nitrogen and oxygen atoms in total. The number of anilines is 1. The average Bonchev–Trinajstić information content (AvgIpc) is 2.48. The Morgan fingerprint density at radius 1 is 1.16 bits per heavy atom. The van der Waals surface area contributed by atoms with E-state index < -0.39 is 0 Å². The Labute approximate surface area is 120 Å². The van der Waals surface area contributed by atoms with Gasteiger partial charge in [0.25, 0.3) is 0 Å². The molecule has 0 spiro atoms. The lowest BCUT2D eigenvalue weighted by Crippen LogP contribution is -2.46. The Hall–Kier alpha value is -0.870. The molecule has 0 saturated carbocycles. The lowest BCUT2D eigenvalue weighted by atomic mass is 10.2.